The summed E-state index contributed by atoms with van der Waals surface area (Å²) in [6, 6.07) is 7.42. The van der Waals surface area contributed by atoms with E-state index in [1.807, 2.05) is 0 Å². The highest BCUT2D eigenvalue weighted by atomic mass is 35.5. The van der Waals surface area contributed by atoms with Gasteiger partial charge in [-0.05, 0) is 30.3 Å². The Bertz CT molecular complexity index is 768. The molecule has 0 aliphatic carbocycles. The molecule has 0 unspecified atom stereocenters. The minimum Gasteiger partial charge on any atom is -0.478 e. The number of nitrogens with zero attached hydrogens (tertiary/aromatic N) is 1. The number of rotatable bonds is 5. The van der Waals surface area contributed by atoms with Crippen LogP contribution in [0.2, 0.25) is 5.02 Å². The Kier molecular flexibility index (Phi) is 4.47. The van der Waals surface area contributed by atoms with E-state index in [1.165, 1.54) is 24.3 Å². The number of carbonyl (C=O) groups is 2. The molecular formula is C14H9ClN2O6. The summed E-state index contributed by atoms with van der Waals surface area (Å²) in [7, 11) is 0. The van der Waals surface area contributed by atoms with Crippen LogP contribution in [0, 0.1) is 10.1 Å². The van der Waals surface area contributed by atoms with Crippen molar-refractivity contribution in [1.82, 2.24) is 0 Å². The van der Waals surface area contributed by atoms with Crippen molar-refractivity contribution in [3.63, 3.8) is 0 Å². The second-order valence-electron chi connectivity index (χ2n) is 4.42. The first-order valence-corrected chi connectivity index (χ1v) is 6.49. The summed E-state index contributed by atoms with van der Waals surface area (Å²) in [6.45, 7) is 0. The second-order valence-corrected chi connectivity index (χ2v) is 4.85. The van der Waals surface area contributed by atoms with E-state index in [4.69, 9.17) is 16.7 Å². The zero-order chi connectivity index (χ0) is 17.1. The van der Waals surface area contributed by atoms with Crippen LogP contribution in [0.15, 0.2) is 36.4 Å². The molecule has 2 aromatic carbocycles. The normalized spacial score (nSPS) is 10.1. The maximum Gasteiger partial charge on any atom is 0.338 e. The van der Waals surface area contributed by atoms with E-state index in [-0.39, 0.29) is 21.8 Å². The summed E-state index contributed by atoms with van der Waals surface area (Å²) in [5.41, 5.74) is -0.791. The van der Waals surface area contributed by atoms with Crippen LogP contribution in [0.3, 0.4) is 0 Å². The average Bonchev–Trinajstić information content (AvgIpc) is 2.48. The van der Waals surface area contributed by atoms with Crippen LogP contribution in [0.25, 0.3) is 0 Å². The predicted octanol–water partition coefficient (Wildman–Crippen LogP) is 3.39. The van der Waals surface area contributed by atoms with Gasteiger partial charge in [-0.3, -0.25) is 10.1 Å². The number of carboxylic acids is 2. The van der Waals surface area contributed by atoms with Crippen LogP contribution >= 0.6 is 11.6 Å². The van der Waals surface area contributed by atoms with Gasteiger partial charge in [-0.1, -0.05) is 11.6 Å². The lowest BCUT2D eigenvalue weighted by atomic mass is 10.1. The van der Waals surface area contributed by atoms with E-state index in [2.05, 4.69) is 5.32 Å². The van der Waals surface area contributed by atoms with Gasteiger partial charge in [0.05, 0.1) is 16.1 Å². The molecule has 118 valence electrons. The van der Waals surface area contributed by atoms with E-state index in [0.717, 1.165) is 12.1 Å². The molecule has 0 bridgehead atoms. The molecule has 0 amide bonds. The third-order valence-corrected chi connectivity index (χ3v) is 3.13. The monoisotopic (exact) mass is 336 g/mol. The minimum atomic E-state index is -1.39. The summed E-state index contributed by atoms with van der Waals surface area (Å²) >= 11 is 5.71. The number of hydrogen-bond acceptors (Lipinski definition) is 5. The van der Waals surface area contributed by atoms with Crippen LogP contribution in [0.1, 0.15) is 20.7 Å². The van der Waals surface area contributed by atoms with E-state index in [1.54, 1.807) is 0 Å². The summed E-state index contributed by atoms with van der Waals surface area (Å²) in [5.74, 6) is -2.51. The molecule has 0 saturated heterocycles. The number of nitro groups is 1. The van der Waals surface area contributed by atoms with Gasteiger partial charge >= 0.3 is 11.9 Å². The highest BCUT2D eigenvalue weighted by Gasteiger charge is 2.23. The Morgan fingerprint density at radius 2 is 1.70 bits per heavy atom. The second kappa shape index (κ2) is 6.32. The van der Waals surface area contributed by atoms with Crippen molar-refractivity contribution in [2.24, 2.45) is 0 Å². The molecule has 0 fully saturated rings. The molecule has 2 aromatic rings. The summed E-state index contributed by atoms with van der Waals surface area (Å²) in [4.78, 5) is 32.4. The molecule has 2 rings (SSSR count). The molecule has 0 atom stereocenters. The molecule has 0 saturated carbocycles. The maximum atomic E-state index is 11.3. The summed E-state index contributed by atoms with van der Waals surface area (Å²) in [6.07, 6.45) is 0. The largest absolute Gasteiger partial charge is 0.478 e. The lowest BCUT2D eigenvalue weighted by molar-refractivity contribution is -0.383. The quantitative estimate of drug-likeness (QED) is 0.563. The lowest BCUT2D eigenvalue weighted by Crippen LogP contribution is -2.06. The molecule has 0 spiro atoms. The molecular weight excluding hydrogens is 328 g/mol. The van der Waals surface area contributed by atoms with Gasteiger partial charge in [-0.2, -0.15) is 0 Å². The van der Waals surface area contributed by atoms with E-state index >= 15 is 0 Å². The molecule has 0 aliphatic heterocycles. The Balaban J connectivity index is 2.51. The highest BCUT2D eigenvalue weighted by Crippen LogP contribution is 2.34. The fourth-order valence-corrected chi connectivity index (χ4v) is 2.09. The Labute approximate surface area is 134 Å². The fourth-order valence-electron chi connectivity index (χ4n) is 1.88. The maximum absolute atomic E-state index is 11.3. The molecule has 0 aliphatic rings. The van der Waals surface area contributed by atoms with Crippen molar-refractivity contribution >= 4 is 40.6 Å². The van der Waals surface area contributed by atoms with E-state index in [9.17, 15) is 24.8 Å². The summed E-state index contributed by atoms with van der Waals surface area (Å²) < 4.78 is 0. The molecule has 9 heteroatoms. The lowest BCUT2D eigenvalue weighted by Gasteiger charge is -2.11. The van der Waals surface area contributed by atoms with Gasteiger partial charge in [-0.25, -0.2) is 9.59 Å². The van der Waals surface area contributed by atoms with Gasteiger partial charge in [0.25, 0.3) is 5.69 Å². The third kappa shape index (κ3) is 3.55. The highest BCUT2D eigenvalue weighted by molar-refractivity contribution is 6.31. The van der Waals surface area contributed by atoms with Crippen LogP contribution < -0.4 is 5.32 Å². The van der Waals surface area contributed by atoms with Crippen LogP contribution in [0.4, 0.5) is 17.1 Å². The van der Waals surface area contributed by atoms with Crippen LogP contribution in [0.5, 0.6) is 0 Å². The smallest absolute Gasteiger partial charge is 0.338 e. The fraction of sp³-hybridized carbons (Fsp3) is 0. The average molecular weight is 337 g/mol. The topological polar surface area (TPSA) is 130 Å². The zero-order valence-electron chi connectivity index (χ0n) is 11.3. The van der Waals surface area contributed by atoms with Crippen molar-refractivity contribution in [3.05, 3.63) is 62.7 Å². The Hall–Kier alpha value is -3.13. The van der Waals surface area contributed by atoms with Crippen molar-refractivity contribution in [1.29, 1.82) is 0 Å². The minimum absolute atomic E-state index is 0.0274. The number of nitro benzene ring substituents is 1. The van der Waals surface area contributed by atoms with Crippen LogP contribution in [-0.2, 0) is 0 Å². The zero-order valence-corrected chi connectivity index (χ0v) is 12.1. The number of aromatic carboxylic acids is 2. The predicted molar refractivity (Wildman–Crippen MR) is 81.7 cm³/mol. The Morgan fingerprint density at radius 3 is 2.17 bits per heavy atom. The van der Waals surface area contributed by atoms with Crippen molar-refractivity contribution < 1.29 is 24.7 Å². The third-order valence-electron chi connectivity index (χ3n) is 2.91. The number of benzene rings is 2. The van der Waals surface area contributed by atoms with E-state index in [0.29, 0.717) is 5.69 Å². The Morgan fingerprint density at radius 1 is 1.09 bits per heavy atom. The molecule has 23 heavy (non-hydrogen) atoms. The molecule has 3 N–H and O–H groups in total. The number of anilines is 2. The van der Waals surface area contributed by atoms with Gasteiger partial charge in [-0.15, -0.1) is 0 Å². The van der Waals surface area contributed by atoms with Gasteiger partial charge in [0.2, 0.25) is 0 Å². The SMILES string of the molecule is O=C(O)c1ccc(Nc2c(C(=O)O)cc(Cl)cc2[N+](=O)[O-])cc1. The first kappa shape index (κ1) is 16.2. The van der Waals surface area contributed by atoms with Gasteiger partial charge in [0, 0.05) is 16.8 Å². The van der Waals surface area contributed by atoms with Crippen LogP contribution in [-0.4, -0.2) is 27.1 Å². The number of halogens is 1. The van der Waals surface area contributed by atoms with Gasteiger partial charge < -0.3 is 15.5 Å². The van der Waals surface area contributed by atoms with E-state index < -0.39 is 22.5 Å². The standard InChI is InChI=1S/C14H9ClN2O6/c15-8-5-10(14(20)21)12(11(6-8)17(22)23)16-9-3-1-7(2-4-9)13(18)19/h1-6,16H,(H,18,19)(H,20,21). The van der Waals surface area contributed by atoms with Crippen molar-refractivity contribution in [2.75, 3.05) is 5.32 Å². The molecule has 0 radical (unpaired) electrons. The molecule has 0 aromatic heterocycles. The summed E-state index contributed by atoms with van der Waals surface area (Å²) in [5, 5.41) is 31.7. The number of nitrogens with one attached hydrogen (secondary N) is 1. The first-order valence-electron chi connectivity index (χ1n) is 6.11. The van der Waals surface area contributed by atoms with Gasteiger partial charge in [0.15, 0.2) is 0 Å². The number of hydrogen-bond donors (Lipinski definition) is 3. The first-order chi connectivity index (χ1) is 10.8. The molecule has 0 heterocycles. The van der Waals surface area contributed by atoms with Gasteiger partial charge in [0.1, 0.15) is 5.69 Å². The van der Waals surface area contributed by atoms with Crippen molar-refractivity contribution in [3.8, 4) is 0 Å². The number of carboxylic acid groups (broad SMARTS) is 2. The molecule has 8 nitrogen and oxygen atoms in total. The van der Waals surface area contributed by atoms with Crippen molar-refractivity contribution in [2.45, 2.75) is 0 Å².